The van der Waals surface area contributed by atoms with E-state index in [1.54, 1.807) is 0 Å². The molecule has 0 aliphatic heterocycles. The summed E-state index contributed by atoms with van der Waals surface area (Å²) in [6.45, 7) is 13.2. The molecule has 2 nitrogen and oxygen atoms in total. The van der Waals surface area contributed by atoms with Crippen molar-refractivity contribution in [2.45, 2.75) is 79.5 Å². The molecule has 0 radical (unpaired) electrons. The van der Waals surface area contributed by atoms with Gasteiger partial charge in [-0.05, 0) is 0 Å². The molecule has 0 bridgehead atoms. The average Bonchev–Trinajstić information content (AvgIpc) is 2.44. The Bertz CT molecular complexity index is 265. The molecule has 0 aliphatic carbocycles. The van der Waals surface area contributed by atoms with Crippen LogP contribution in [0.2, 0.25) is 13.3 Å². The number of ether oxygens (including phenoxy) is 1. The minimum atomic E-state index is -2.36. The summed E-state index contributed by atoms with van der Waals surface area (Å²) in [7, 11) is 0. The van der Waals surface area contributed by atoms with Gasteiger partial charge in [0, 0.05) is 0 Å². The molecule has 0 N–H and O–H groups in total. The van der Waals surface area contributed by atoms with Crippen LogP contribution in [0.25, 0.3) is 0 Å². The normalized spacial score (nSPS) is 11.4. The third-order valence-electron chi connectivity index (χ3n) is 4.23. The van der Waals surface area contributed by atoms with Gasteiger partial charge in [0.25, 0.3) is 0 Å². The van der Waals surface area contributed by atoms with Crippen molar-refractivity contribution in [1.82, 2.24) is 0 Å². The zero-order chi connectivity index (χ0) is 15.4. The van der Waals surface area contributed by atoms with E-state index >= 15 is 0 Å². The Balaban J connectivity index is 4.89. The first-order valence-electron chi connectivity index (χ1n) is 8.34. The molecule has 3 heteroatoms. The van der Waals surface area contributed by atoms with Crippen LogP contribution in [0.3, 0.4) is 0 Å². The SMILES string of the molecule is C=[C](COC(C)=O)[Sn]([CH2]CCC)([CH2]CCC)[CH2]CCC. The molecule has 0 aromatic rings. The Kier molecular flexibility index (Phi) is 11.6. The standard InChI is InChI=1S/C5H7O2.3C4H9.Sn/c1-3-4-7-5(2)6;3*1-3-4-2;/h1,4H2,2H3;3*1,3-4H2,2H3;. The van der Waals surface area contributed by atoms with Crippen molar-refractivity contribution in [2.75, 3.05) is 6.61 Å². The molecule has 0 rings (SSSR count). The number of rotatable bonds is 12. The van der Waals surface area contributed by atoms with Crippen LogP contribution in [-0.2, 0) is 9.53 Å². The van der Waals surface area contributed by atoms with E-state index in [-0.39, 0.29) is 5.97 Å². The number of hydrogen-bond donors (Lipinski definition) is 0. The zero-order valence-electron chi connectivity index (χ0n) is 14.1. The van der Waals surface area contributed by atoms with Crippen LogP contribution in [0, 0.1) is 0 Å². The van der Waals surface area contributed by atoms with Crippen molar-refractivity contribution < 1.29 is 9.53 Å². The molecule has 0 saturated heterocycles. The van der Waals surface area contributed by atoms with E-state index in [2.05, 4.69) is 27.4 Å². The number of unbranched alkanes of at least 4 members (excludes halogenated alkanes) is 3. The van der Waals surface area contributed by atoms with Crippen molar-refractivity contribution >= 4 is 24.3 Å². The Morgan fingerprint density at radius 1 is 0.950 bits per heavy atom. The molecule has 0 aromatic carbocycles. The molecule has 20 heavy (non-hydrogen) atoms. The molecule has 0 amide bonds. The summed E-state index contributed by atoms with van der Waals surface area (Å²) in [4.78, 5) is 11.1. The molecule has 0 spiro atoms. The van der Waals surface area contributed by atoms with Crippen LogP contribution < -0.4 is 0 Å². The number of carbonyl (C=O) groups is 1. The summed E-state index contributed by atoms with van der Waals surface area (Å²) < 4.78 is 10.8. The zero-order valence-corrected chi connectivity index (χ0v) is 16.9. The quantitative estimate of drug-likeness (QED) is 0.326. The van der Waals surface area contributed by atoms with Gasteiger partial charge in [-0.25, -0.2) is 0 Å². The van der Waals surface area contributed by atoms with Gasteiger partial charge in [0.1, 0.15) is 0 Å². The molecule has 0 fully saturated rings. The number of carbonyl (C=O) groups excluding carboxylic acids is 1. The second kappa shape index (κ2) is 11.6. The molecule has 0 atom stereocenters. The van der Waals surface area contributed by atoms with Crippen molar-refractivity contribution in [3.63, 3.8) is 0 Å². The first-order chi connectivity index (χ1) is 9.52. The second-order valence-corrected chi connectivity index (χ2v) is 19.6. The van der Waals surface area contributed by atoms with Crippen LogP contribution in [0.15, 0.2) is 10.2 Å². The van der Waals surface area contributed by atoms with Gasteiger partial charge in [0.15, 0.2) is 0 Å². The van der Waals surface area contributed by atoms with E-state index in [0.717, 1.165) is 0 Å². The van der Waals surface area contributed by atoms with Gasteiger partial charge in [-0.3, -0.25) is 0 Å². The Hall–Kier alpha value is 0.00870. The topological polar surface area (TPSA) is 26.3 Å². The maximum atomic E-state index is 11.1. The third-order valence-corrected chi connectivity index (χ3v) is 20.1. The maximum absolute atomic E-state index is 11.1. The van der Waals surface area contributed by atoms with E-state index in [4.69, 9.17) is 4.74 Å². The summed E-state index contributed by atoms with van der Waals surface area (Å²) in [5.41, 5.74) is 0. The number of esters is 1. The van der Waals surface area contributed by atoms with Crippen molar-refractivity contribution in [2.24, 2.45) is 0 Å². The van der Waals surface area contributed by atoms with Crippen LogP contribution in [0.4, 0.5) is 0 Å². The Labute approximate surface area is 130 Å². The van der Waals surface area contributed by atoms with Crippen LogP contribution >= 0.6 is 0 Å². The first-order valence-corrected chi connectivity index (χ1v) is 15.8. The molecule has 0 aliphatic rings. The second-order valence-electron chi connectivity index (χ2n) is 5.97. The van der Waals surface area contributed by atoms with E-state index in [9.17, 15) is 4.79 Å². The summed E-state index contributed by atoms with van der Waals surface area (Å²) in [5.74, 6) is -0.173. The monoisotopic (exact) mass is 390 g/mol. The average molecular weight is 389 g/mol. The summed E-state index contributed by atoms with van der Waals surface area (Å²) in [5, 5.41) is 0. The molecule has 0 unspecified atom stereocenters. The molecule has 0 aromatic heterocycles. The van der Waals surface area contributed by atoms with E-state index in [1.807, 2.05) is 0 Å². The minimum absolute atomic E-state index is 0.173. The molecule has 0 saturated carbocycles. The van der Waals surface area contributed by atoms with Crippen LogP contribution in [0.1, 0.15) is 66.2 Å². The summed E-state index contributed by atoms with van der Waals surface area (Å²) in [6.07, 6.45) is 7.75. The predicted octanol–water partition coefficient (Wildman–Crippen LogP) is 5.49. The van der Waals surface area contributed by atoms with Crippen molar-refractivity contribution in [3.8, 4) is 0 Å². The van der Waals surface area contributed by atoms with E-state index < -0.39 is 18.4 Å². The fourth-order valence-corrected chi connectivity index (χ4v) is 17.9. The van der Waals surface area contributed by atoms with Crippen molar-refractivity contribution in [3.05, 3.63) is 10.2 Å². The fraction of sp³-hybridized carbons (Fsp3) is 0.824. The van der Waals surface area contributed by atoms with Crippen LogP contribution in [0.5, 0.6) is 0 Å². The summed E-state index contributed by atoms with van der Waals surface area (Å²) >= 11 is -2.36. The predicted molar refractivity (Wildman–Crippen MR) is 90.7 cm³/mol. The van der Waals surface area contributed by atoms with E-state index in [0.29, 0.717) is 6.61 Å². The summed E-state index contributed by atoms with van der Waals surface area (Å²) in [6, 6.07) is 0. The van der Waals surface area contributed by atoms with Gasteiger partial charge in [0.05, 0.1) is 0 Å². The first kappa shape index (κ1) is 20.0. The van der Waals surface area contributed by atoms with Crippen molar-refractivity contribution in [1.29, 1.82) is 0 Å². The Morgan fingerprint density at radius 3 is 1.65 bits per heavy atom. The Morgan fingerprint density at radius 2 is 1.35 bits per heavy atom. The van der Waals surface area contributed by atoms with Gasteiger partial charge >= 0.3 is 130 Å². The van der Waals surface area contributed by atoms with Gasteiger partial charge in [-0.15, -0.1) is 0 Å². The molecular formula is C17H34O2Sn. The van der Waals surface area contributed by atoms with Gasteiger partial charge in [-0.1, -0.05) is 0 Å². The third kappa shape index (κ3) is 7.70. The van der Waals surface area contributed by atoms with Gasteiger partial charge < -0.3 is 0 Å². The fourth-order valence-electron chi connectivity index (χ4n) is 2.79. The number of hydrogen-bond acceptors (Lipinski definition) is 2. The molecule has 0 heterocycles. The van der Waals surface area contributed by atoms with E-state index in [1.165, 1.54) is 62.3 Å². The molecule has 118 valence electrons. The van der Waals surface area contributed by atoms with Crippen LogP contribution in [-0.4, -0.2) is 31.0 Å². The van der Waals surface area contributed by atoms with Gasteiger partial charge in [-0.2, -0.15) is 0 Å². The van der Waals surface area contributed by atoms with Gasteiger partial charge in [0.2, 0.25) is 0 Å². The molecular weight excluding hydrogens is 355 g/mol.